The largest absolute Gasteiger partial charge is 0.327 e. The minimum atomic E-state index is 0.312. The molecule has 0 amide bonds. The Hall–Kier alpha value is -0.830. The van der Waals surface area contributed by atoms with Gasteiger partial charge in [-0.15, -0.1) is 0 Å². The minimum absolute atomic E-state index is 0.312. The fourth-order valence-corrected chi connectivity index (χ4v) is 3.83. The van der Waals surface area contributed by atoms with Gasteiger partial charge >= 0.3 is 0 Å². The van der Waals surface area contributed by atoms with Crippen molar-refractivity contribution in [2.24, 2.45) is 11.7 Å². The monoisotopic (exact) mass is 261 g/mol. The van der Waals surface area contributed by atoms with Crippen LogP contribution in [0.1, 0.15) is 69.5 Å². The molecule has 1 aromatic heterocycles. The highest BCUT2D eigenvalue weighted by atomic mass is 15.3. The lowest BCUT2D eigenvalue weighted by Gasteiger charge is -2.27. The SMILES string of the molecule is NC(Cc1ccn(C2CCCC2)n1)C1CCCCC1. The highest BCUT2D eigenvalue weighted by Crippen LogP contribution is 2.29. The molecule has 2 aliphatic carbocycles. The Bertz CT molecular complexity index is 386. The van der Waals surface area contributed by atoms with Crippen LogP contribution in [0.15, 0.2) is 12.3 Å². The molecule has 1 heterocycles. The molecule has 0 radical (unpaired) electrons. The van der Waals surface area contributed by atoms with Gasteiger partial charge in [0.1, 0.15) is 0 Å². The zero-order chi connectivity index (χ0) is 13.1. The lowest BCUT2D eigenvalue weighted by Crippen LogP contribution is -2.33. The fourth-order valence-electron chi connectivity index (χ4n) is 3.83. The third-order valence-corrected chi connectivity index (χ3v) is 5.06. The highest BCUT2D eigenvalue weighted by molar-refractivity contribution is 5.03. The average Bonchev–Trinajstić information content (AvgIpc) is 3.10. The zero-order valence-electron chi connectivity index (χ0n) is 11.9. The van der Waals surface area contributed by atoms with E-state index in [4.69, 9.17) is 10.8 Å². The first kappa shape index (κ1) is 13.2. The van der Waals surface area contributed by atoms with E-state index in [0.29, 0.717) is 12.1 Å². The zero-order valence-corrected chi connectivity index (χ0v) is 11.9. The first-order chi connectivity index (χ1) is 9.33. The Kier molecular flexibility index (Phi) is 4.21. The van der Waals surface area contributed by atoms with Crippen molar-refractivity contribution in [3.63, 3.8) is 0 Å². The third kappa shape index (κ3) is 3.19. The van der Waals surface area contributed by atoms with E-state index in [2.05, 4.69) is 16.9 Å². The summed E-state index contributed by atoms with van der Waals surface area (Å²) < 4.78 is 2.19. The van der Waals surface area contributed by atoms with Crippen molar-refractivity contribution >= 4 is 0 Å². The summed E-state index contributed by atoms with van der Waals surface area (Å²) >= 11 is 0. The lowest BCUT2D eigenvalue weighted by molar-refractivity contribution is 0.301. The lowest BCUT2D eigenvalue weighted by atomic mass is 9.83. The topological polar surface area (TPSA) is 43.8 Å². The average molecular weight is 261 g/mol. The van der Waals surface area contributed by atoms with Gasteiger partial charge in [-0.2, -0.15) is 5.10 Å². The van der Waals surface area contributed by atoms with Crippen LogP contribution in [-0.2, 0) is 6.42 Å². The Morgan fingerprint density at radius 2 is 1.79 bits per heavy atom. The van der Waals surface area contributed by atoms with Gasteiger partial charge in [0.25, 0.3) is 0 Å². The van der Waals surface area contributed by atoms with Gasteiger partial charge in [0.2, 0.25) is 0 Å². The number of aromatic nitrogens is 2. The van der Waals surface area contributed by atoms with Crippen molar-refractivity contribution in [2.75, 3.05) is 0 Å². The molecule has 1 atom stereocenters. The molecule has 2 saturated carbocycles. The summed E-state index contributed by atoms with van der Waals surface area (Å²) in [4.78, 5) is 0. The number of nitrogens with two attached hydrogens (primary N) is 1. The minimum Gasteiger partial charge on any atom is -0.327 e. The van der Waals surface area contributed by atoms with E-state index in [1.54, 1.807) is 0 Å². The van der Waals surface area contributed by atoms with Gasteiger partial charge in [0.15, 0.2) is 0 Å². The molecule has 0 bridgehead atoms. The number of hydrogen-bond acceptors (Lipinski definition) is 2. The summed E-state index contributed by atoms with van der Waals surface area (Å²) in [5.74, 6) is 0.727. The second-order valence-corrected chi connectivity index (χ2v) is 6.49. The standard InChI is InChI=1S/C16H27N3/c17-16(13-6-2-1-3-7-13)12-14-10-11-19(18-14)15-8-4-5-9-15/h10-11,13,15-16H,1-9,12,17H2. The molecule has 2 fully saturated rings. The summed E-state index contributed by atoms with van der Waals surface area (Å²) in [5.41, 5.74) is 7.59. The number of hydrogen-bond donors (Lipinski definition) is 1. The smallest absolute Gasteiger partial charge is 0.0640 e. The van der Waals surface area contributed by atoms with Gasteiger partial charge in [0, 0.05) is 18.7 Å². The molecule has 3 rings (SSSR count). The predicted molar refractivity (Wildman–Crippen MR) is 78.0 cm³/mol. The van der Waals surface area contributed by atoms with Crippen LogP contribution in [0.2, 0.25) is 0 Å². The van der Waals surface area contributed by atoms with E-state index < -0.39 is 0 Å². The van der Waals surface area contributed by atoms with Gasteiger partial charge in [-0.05, 0) is 37.7 Å². The van der Waals surface area contributed by atoms with Gasteiger partial charge in [-0.25, -0.2) is 0 Å². The van der Waals surface area contributed by atoms with Crippen molar-refractivity contribution < 1.29 is 0 Å². The second-order valence-electron chi connectivity index (χ2n) is 6.49. The summed E-state index contributed by atoms with van der Waals surface area (Å²) in [6, 6.07) is 3.15. The first-order valence-electron chi connectivity index (χ1n) is 8.12. The Morgan fingerprint density at radius 3 is 2.53 bits per heavy atom. The van der Waals surface area contributed by atoms with Crippen molar-refractivity contribution in [1.29, 1.82) is 0 Å². The fraction of sp³-hybridized carbons (Fsp3) is 0.812. The van der Waals surface area contributed by atoms with E-state index in [1.807, 2.05) is 0 Å². The molecular weight excluding hydrogens is 234 g/mol. The van der Waals surface area contributed by atoms with Gasteiger partial charge in [-0.3, -0.25) is 4.68 Å². The molecule has 3 heteroatoms. The molecule has 1 unspecified atom stereocenters. The molecule has 2 aliphatic rings. The van der Waals surface area contributed by atoms with Crippen molar-refractivity contribution in [2.45, 2.75) is 76.3 Å². The van der Waals surface area contributed by atoms with Crippen LogP contribution in [0.25, 0.3) is 0 Å². The summed E-state index contributed by atoms with van der Waals surface area (Å²) in [6.07, 6.45) is 15.2. The van der Waals surface area contributed by atoms with E-state index in [9.17, 15) is 0 Å². The number of rotatable bonds is 4. The summed E-state index contributed by atoms with van der Waals surface area (Å²) in [6.45, 7) is 0. The van der Waals surface area contributed by atoms with Crippen LogP contribution in [0, 0.1) is 5.92 Å². The number of nitrogens with zero attached hydrogens (tertiary/aromatic N) is 2. The Labute approximate surface area is 116 Å². The second kappa shape index (κ2) is 6.08. The highest BCUT2D eigenvalue weighted by Gasteiger charge is 2.22. The molecule has 19 heavy (non-hydrogen) atoms. The van der Waals surface area contributed by atoms with Crippen molar-refractivity contribution in [1.82, 2.24) is 9.78 Å². The van der Waals surface area contributed by atoms with Crippen LogP contribution in [-0.4, -0.2) is 15.8 Å². The molecule has 0 saturated heterocycles. The molecule has 2 N–H and O–H groups in total. The molecule has 0 aliphatic heterocycles. The molecule has 0 aromatic carbocycles. The van der Waals surface area contributed by atoms with E-state index >= 15 is 0 Å². The first-order valence-corrected chi connectivity index (χ1v) is 8.12. The Balaban J connectivity index is 1.56. The van der Waals surface area contributed by atoms with E-state index in [-0.39, 0.29) is 0 Å². The van der Waals surface area contributed by atoms with E-state index in [1.165, 1.54) is 63.5 Å². The van der Waals surface area contributed by atoms with Crippen LogP contribution >= 0.6 is 0 Å². The van der Waals surface area contributed by atoms with E-state index in [0.717, 1.165) is 12.3 Å². The van der Waals surface area contributed by atoms with Crippen LogP contribution in [0.4, 0.5) is 0 Å². The maximum atomic E-state index is 6.39. The van der Waals surface area contributed by atoms with Gasteiger partial charge in [-0.1, -0.05) is 32.1 Å². The third-order valence-electron chi connectivity index (χ3n) is 5.06. The van der Waals surface area contributed by atoms with Gasteiger partial charge in [0.05, 0.1) is 11.7 Å². The molecule has 3 nitrogen and oxygen atoms in total. The Morgan fingerprint density at radius 1 is 1.11 bits per heavy atom. The summed E-state index contributed by atoms with van der Waals surface area (Å²) in [5, 5.41) is 4.76. The van der Waals surface area contributed by atoms with Crippen LogP contribution in [0.3, 0.4) is 0 Å². The molecule has 1 aromatic rings. The van der Waals surface area contributed by atoms with Crippen molar-refractivity contribution in [3.8, 4) is 0 Å². The summed E-state index contributed by atoms with van der Waals surface area (Å²) in [7, 11) is 0. The van der Waals surface area contributed by atoms with Gasteiger partial charge < -0.3 is 5.73 Å². The maximum absolute atomic E-state index is 6.39. The molecule has 106 valence electrons. The molecule has 0 spiro atoms. The van der Waals surface area contributed by atoms with Crippen LogP contribution in [0.5, 0.6) is 0 Å². The maximum Gasteiger partial charge on any atom is 0.0640 e. The molecular formula is C16H27N3. The van der Waals surface area contributed by atoms with Crippen LogP contribution < -0.4 is 5.73 Å². The quantitative estimate of drug-likeness (QED) is 0.902. The predicted octanol–water partition coefficient (Wildman–Crippen LogP) is 3.45. The van der Waals surface area contributed by atoms with Crippen molar-refractivity contribution in [3.05, 3.63) is 18.0 Å². The normalized spacial score (nSPS) is 23.8.